The lowest BCUT2D eigenvalue weighted by Gasteiger charge is -2.41. The molecule has 1 unspecified atom stereocenters. The third kappa shape index (κ3) is 3.68. The van der Waals surface area contributed by atoms with Crippen molar-refractivity contribution in [3.05, 3.63) is 32.2 Å². The number of hydrogen-bond donors (Lipinski definition) is 0. The SMILES string of the molecule is Cc1nc(-c2c(C)c(C)nn(C)c2=O)sc1C(=O)N1CC(C)OC(C)(C)C1. The first kappa shape index (κ1) is 19.7. The van der Waals surface area contributed by atoms with Crippen LogP contribution in [0.1, 0.15) is 47.4 Å². The van der Waals surface area contributed by atoms with Crippen LogP contribution >= 0.6 is 11.3 Å². The second-order valence-corrected chi connectivity index (χ2v) is 8.82. The van der Waals surface area contributed by atoms with Gasteiger partial charge in [-0.3, -0.25) is 9.59 Å². The van der Waals surface area contributed by atoms with Gasteiger partial charge in [-0.1, -0.05) is 0 Å². The largest absolute Gasteiger partial charge is 0.369 e. The lowest BCUT2D eigenvalue weighted by molar-refractivity contribution is -0.118. The van der Waals surface area contributed by atoms with E-state index in [1.54, 1.807) is 7.05 Å². The van der Waals surface area contributed by atoms with E-state index in [9.17, 15) is 9.59 Å². The van der Waals surface area contributed by atoms with Gasteiger partial charge in [0, 0.05) is 20.1 Å². The predicted octanol–water partition coefficient (Wildman–Crippen LogP) is 2.47. The van der Waals surface area contributed by atoms with Crippen LogP contribution in [0, 0.1) is 20.8 Å². The molecule has 0 radical (unpaired) electrons. The van der Waals surface area contributed by atoms with Gasteiger partial charge in [0.1, 0.15) is 9.88 Å². The van der Waals surface area contributed by atoms with E-state index in [2.05, 4.69) is 10.1 Å². The van der Waals surface area contributed by atoms with Crippen LogP contribution in [-0.2, 0) is 11.8 Å². The predicted molar refractivity (Wildman–Crippen MR) is 105 cm³/mol. The van der Waals surface area contributed by atoms with Gasteiger partial charge in [0.25, 0.3) is 11.5 Å². The third-order valence-corrected chi connectivity index (χ3v) is 5.95. The molecule has 1 aliphatic heterocycles. The van der Waals surface area contributed by atoms with E-state index >= 15 is 0 Å². The van der Waals surface area contributed by atoms with Crippen LogP contribution in [0.15, 0.2) is 4.79 Å². The smallest absolute Gasteiger partial charge is 0.277 e. The second-order valence-electron chi connectivity index (χ2n) is 7.82. The van der Waals surface area contributed by atoms with Gasteiger partial charge < -0.3 is 9.64 Å². The van der Waals surface area contributed by atoms with E-state index in [4.69, 9.17) is 4.74 Å². The van der Waals surface area contributed by atoms with Crippen LogP contribution in [0.4, 0.5) is 0 Å². The number of amides is 1. The number of carbonyl (C=O) groups is 1. The minimum absolute atomic E-state index is 0.0252. The molecule has 3 rings (SSSR count). The Hall–Kier alpha value is -2.06. The number of carbonyl (C=O) groups excluding carboxylic acids is 1. The molecule has 1 fully saturated rings. The van der Waals surface area contributed by atoms with Crippen molar-refractivity contribution in [1.29, 1.82) is 0 Å². The lowest BCUT2D eigenvalue weighted by Crippen LogP contribution is -2.53. The molecule has 27 heavy (non-hydrogen) atoms. The first-order chi connectivity index (χ1) is 12.5. The van der Waals surface area contributed by atoms with E-state index in [0.29, 0.717) is 34.2 Å². The van der Waals surface area contributed by atoms with Crippen molar-refractivity contribution in [2.45, 2.75) is 53.2 Å². The fraction of sp³-hybridized carbons (Fsp3) is 0.579. The van der Waals surface area contributed by atoms with Crippen LogP contribution in [-0.4, -0.2) is 50.4 Å². The Labute approximate surface area is 163 Å². The summed E-state index contributed by atoms with van der Waals surface area (Å²) in [5.74, 6) is -0.0558. The minimum atomic E-state index is -0.385. The van der Waals surface area contributed by atoms with Gasteiger partial charge in [-0.15, -0.1) is 11.3 Å². The zero-order valence-corrected chi connectivity index (χ0v) is 17.7. The number of thiazole rings is 1. The maximum Gasteiger partial charge on any atom is 0.277 e. The highest BCUT2D eigenvalue weighted by Gasteiger charge is 2.35. The molecular weight excluding hydrogens is 364 g/mol. The normalized spacial score (nSPS) is 19.4. The summed E-state index contributed by atoms with van der Waals surface area (Å²) in [6.45, 7) is 12.6. The van der Waals surface area contributed by atoms with Crippen molar-refractivity contribution in [3.63, 3.8) is 0 Å². The summed E-state index contributed by atoms with van der Waals surface area (Å²) >= 11 is 1.28. The molecule has 1 atom stereocenters. The summed E-state index contributed by atoms with van der Waals surface area (Å²) in [6, 6.07) is 0. The van der Waals surface area contributed by atoms with E-state index in [0.717, 1.165) is 11.3 Å². The summed E-state index contributed by atoms with van der Waals surface area (Å²) < 4.78 is 7.22. The Balaban J connectivity index is 2.01. The molecule has 7 nitrogen and oxygen atoms in total. The molecule has 2 aromatic rings. The maximum absolute atomic E-state index is 13.1. The van der Waals surface area contributed by atoms with Crippen molar-refractivity contribution < 1.29 is 9.53 Å². The highest BCUT2D eigenvalue weighted by atomic mass is 32.1. The van der Waals surface area contributed by atoms with Gasteiger partial charge in [-0.05, 0) is 47.1 Å². The molecule has 0 saturated carbocycles. The van der Waals surface area contributed by atoms with Crippen LogP contribution in [0.5, 0.6) is 0 Å². The zero-order chi connectivity index (χ0) is 20.1. The number of morpholine rings is 1. The highest BCUT2D eigenvalue weighted by Crippen LogP contribution is 2.31. The molecule has 2 aromatic heterocycles. The average Bonchev–Trinajstić information content (AvgIpc) is 2.92. The van der Waals surface area contributed by atoms with E-state index in [1.165, 1.54) is 16.0 Å². The summed E-state index contributed by atoms with van der Waals surface area (Å²) in [6.07, 6.45) is -0.0252. The first-order valence-corrected chi connectivity index (χ1v) is 9.81. The number of nitrogens with zero attached hydrogens (tertiary/aromatic N) is 4. The first-order valence-electron chi connectivity index (χ1n) is 8.99. The number of ether oxygens (including phenoxy) is 1. The quantitative estimate of drug-likeness (QED) is 0.787. The fourth-order valence-corrected chi connectivity index (χ4v) is 4.68. The van der Waals surface area contributed by atoms with E-state index in [1.807, 2.05) is 46.4 Å². The average molecular weight is 391 g/mol. The molecule has 0 bridgehead atoms. The Kier molecular flexibility index (Phi) is 4.98. The second kappa shape index (κ2) is 6.83. The van der Waals surface area contributed by atoms with Gasteiger partial charge in [0.05, 0.1) is 28.7 Å². The number of hydrogen-bond acceptors (Lipinski definition) is 6. The maximum atomic E-state index is 13.1. The van der Waals surface area contributed by atoms with Gasteiger partial charge in [0.15, 0.2) is 0 Å². The molecule has 0 aliphatic carbocycles. The van der Waals surface area contributed by atoms with E-state index in [-0.39, 0.29) is 23.2 Å². The zero-order valence-electron chi connectivity index (χ0n) is 16.9. The molecule has 0 aromatic carbocycles. The van der Waals surface area contributed by atoms with Crippen LogP contribution < -0.4 is 5.56 Å². The van der Waals surface area contributed by atoms with Crippen molar-refractivity contribution in [3.8, 4) is 10.6 Å². The number of aromatic nitrogens is 3. The van der Waals surface area contributed by atoms with Crippen molar-refractivity contribution in [1.82, 2.24) is 19.7 Å². The molecule has 1 aliphatic rings. The van der Waals surface area contributed by atoms with Crippen molar-refractivity contribution >= 4 is 17.2 Å². The number of rotatable bonds is 2. The highest BCUT2D eigenvalue weighted by molar-refractivity contribution is 7.17. The van der Waals surface area contributed by atoms with Crippen molar-refractivity contribution in [2.24, 2.45) is 7.05 Å². The molecule has 1 saturated heterocycles. The summed E-state index contributed by atoms with van der Waals surface area (Å²) in [5, 5.41) is 4.78. The molecule has 0 spiro atoms. The Morgan fingerprint density at radius 2 is 1.93 bits per heavy atom. The topological polar surface area (TPSA) is 77.3 Å². The van der Waals surface area contributed by atoms with Crippen molar-refractivity contribution in [2.75, 3.05) is 13.1 Å². The monoisotopic (exact) mass is 390 g/mol. The van der Waals surface area contributed by atoms with Gasteiger partial charge in [0.2, 0.25) is 0 Å². The van der Waals surface area contributed by atoms with Gasteiger partial charge in [-0.25, -0.2) is 9.67 Å². The van der Waals surface area contributed by atoms with E-state index < -0.39 is 0 Å². The lowest BCUT2D eigenvalue weighted by atomic mass is 10.1. The van der Waals surface area contributed by atoms with Crippen LogP contribution in [0.2, 0.25) is 0 Å². The van der Waals surface area contributed by atoms with Gasteiger partial charge >= 0.3 is 0 Å². The Morgan fingerprint density at radius 3 is 2.56 bits per heavy atom. The molecule has 8 heteroatoms. The molecule has 146 valence electrons. The standard InChI is InChI=1S/C19H26N4O3S/c1-10-8-23(9-19(5,6)26-10)18(25)15-13(4)20-16(27-15)14-11(2)12(3)21-22(7)17(14)24/h10H,8-9H2,1-7H3. The Bertz CT molecular complexity index is 961. The summed E-state index contributed by atoms with van der Waals surface area (Å²) in [5.41, 5.74) is 2.15. The summed E-state index contributed by atoms with van der Waals surface area (Å²) in [7, 11) is 1.63. The molecule has 3 heterocycles. The summed E-state index contributed by atoms with van der Waals surface area (Å²) in [4.78, 5) is 32.7. The van der Waals surface area contributed by atoms with Crippen LogP contribution in [0.3, 0.4) is 0 Å². The third-order valence-electron chi connectivity index (χ3n) is 4.79. The van der Waals surface area contributed by atoms with Gasteiger partial charge in [-0.2, -0.15) is 5.10 Å². The number of aryl methyl sites for hydroxylation is 3. The minimum Gasteiger partial charge on any atom is -0.369 e. The molecular formula is C19H26N4O3S. The fourth-order valence-electron chi connectivity index (χ4n) is 3.55. The van der Waals surface area contributed by atoms with Crippen LogP contribution in [0.25, 0.3) is 10.6 Å². The molecule has 1 amide bonds. The Morgan fingerprint density at radius 1 is 1.26 bits per heavy atom. The molecule has 0 N–H and O–H groups in total.